The van der Waals surface area contributed by atoms with Gasteiger partial charge in [-0.25, -0.2) is 4.57 Å². The normalized spacial score (nSPS) is 26.8. The van der Waals surface area contributed by atoms with Crippen molar-refractivity contribution in [3.05, 3.63) is 24.5 Å². The highest BCUT2D eigenvalue weighted by Gasteiger charge is 2.26. The maximum atomic E-state index is 11.8. The van der Waals surface area contributed by atoms with Gasteiger partial charge in [0.2, 0.25) is 0 Å². The van der Waals surface area contributed by atoms with Crippen LogP contribution in [0.1, 0.15) is 19.8 Å². The quantitative estimate of drug-likeness (QED) is 0.800. The monoisotopic (exact) mass is 272 g/mol. The highest BCUT2D eigenvalue weighted by molar-refractivity contribution is 7.54. The van der Waals surface area contributed by atoms with Crippen molar-refractivity contribution in [1.82, 2.24) is 4.98 Å². The van der Waals surface area contributed by atoms with Crippen LogP contribution in [0.3, 0.4) is 0 Å². The lowest BCUT2D eigenvalue weighted by Crippen LogP contribution is -2.16. The van der Waals surface area contributed by atoms with Crippen molar-refractivity contribution in [2.45, 2.75) is 32.0 Å². The molecule has 7 heteroatoms. The summed E-state index contributed by atoms with van der Waals surface area (Å²) in [6, 6.07) is 3.32. The zero-order valence-corrected chi connectivity index (χ0v) is 11.0. The summed E-state index contributed by atoms with van der Waals surface area (Å²) < 4.78 is 22.3. The van der Waals surface area contributed by atoms with E-state index in [0.29, 0.717) is 5.69 Å². The van der Waals surface area contributed by atoms with Crippen LogP contribution >= 0.6 is 7.75 Å². The number of rotatable bonds is 5. The van der Waals surface area contributed by atoms with Crippen molar-refractivity contribution in [3.8, 4) is 0 Å². The van der Waals surface area contributed by atoms with E-state index in [0.717, 1.165) is 12.8 Å². The fourth-order valence-electron chi connectivity index (χ4n) is 1.82. The molecule has 1 unspecified atom stereocenters. The molecule has 0 bridgehead atoms. The first-order valence-electron chi connectivity index (χ1n) is 5.86. The fourth-order valence-corrected chi connectivity index (χ4v) is 2.71. The van der Waals surface area contributed by atoms with Crippen LogP contribution in [0.4, 0.5) is 5.69 Å². The Morgan fingerprint density at radius 3 is 3.11 bits per heavy atom. The summed E-state index contributed by atoms with van der Waals surface area (Å²) in [5, 5.41) is 2.42. The van der Waals surface area contributed by atoms with Gasteiger partial charge in [-0.3, -0.25) is 14.6 Å². The van der Waals surface area contributed by atoms with Crippen LogP contribution in [0.15, 0.2) is 24.5 Å². The molecule has 18 heavy (non-hydrogen) atoms. The SMILES string of the molecule is C[C@H]1CC[C@@H](COP(=O)(O)Nc2cccnc2)O1. The second-order valence-electron chi connectivity index (χ2n) is 4.32. The van der Waals surface area contributed by atoms with Crippen molar-refractivity contribution in [3.63, 3.8) is 0 Å². The number of nitrogens with one attached hydrogen (secondary N) is 1. The third-order valence-electron chi connectivity index (χ3n) is 2.69. The van der Waals surface area contributed by atoms with Gasteiger partial charge < -0.3 is 9.63 Å². The molecule has 2 rings (SSSR count). The van der Waals surface area contributed by atoms with Gasteiger partial charge in [-0.1, -0.05) is 0 Å². The maximum absolute atomic E-state index is 11.8. The molecule has 1 saturated heterocycles. The van der Waals surface area contributed by atoms with E-state index in [1.165, 1.54) is 6.20 Å². The van der Waals surface area contributed by atoms with Gasteiger partial charge in [0.15, 0.2) is 0 Å². The maximum Gasteiger partial charge on any atom is 0.430 e. The van der Waals surface area contributed by atoms with Crippen LogP contribution in [0, 0.1) is 0 Å². The number of nitrogens with zero attached hydrogens (tertiary/aromatic N) is 1. The molecule has 6 nitrogen and oxygen atoms in total. The fraction of sp³-hybridized carbons (Fsp3) is 0.545. The zero-order valence-electron chi connectivity index (χ0n) is 10.2. The van der Waals surface area contributed by atoms with E-state index in [9.17, 15) is 9.46 Å². The summed E-state index contributed by atoms with van der Waals surface area (Å²) in [7, 11) is -3.86. The van der Waals surface area contributed by atoms with Crippen LogP contribution in [0.25, 0.3) is 0 Å². The number of aromatic nitrogens is 1. The molecule has 1 aromatic heterocycles. The van der Waals surface area contributed by atoms with E-state index in [1.807, 2.05) is 6.92 Å². The summed E-state index contributed by atoms with van der Waals surface area (Å²) in [5.74, 6) is 0. The number of ether oxygens (including phenoxy) is 1. The molecule has 0 aromatic carbocycles. The standard InChI is InChI=1S/C11H17N2O4P/c1-9-4-5-11(17-9)8-16-18(14,15)13-10-3-2-6-12-7-10/h2-3,6-7,9,11H,4-5,8H2,1H3,(H2,13,14,15)/t9-,11-/m0/s1. The molecular weight excluding hydrogens is 255 g/mol. The highest BCUT2D eigenvalue weighted by Crippen LogP contribution is 2.42. The Labute approximate surface area is 106 Å². The van der Waals surface area contributed by atoms with Crippen LogP contribution in [0.5, 0.6) is 0 Å². The number of hydrogen-bond acceptors (Lipinski definition) is 4. The van der Waals surface area contributed by atoms with Gasteiger partial charge in [0, 0.05) is 6.20 Å². The molecule has 100 valence electrons. The lowest BCUT2D eigenvalue weighted by atomic mass is 10.2. The average Bonchev–Trinajstić information content (AvgIpc) is 2.74. The third kappa shape index (κ3) is 4.07. The molecule has 0 saturated carbocycles. The summed E-state index contributed by atoms with van der Waals surface area (Å²) >= 11 is 0. The highest BCUT2D eigenvalue weighted by atomic mass is 31.2. The number of anilines is 1. The van der Waals surface area contributed by atoms with Crippen molar-refractivity contribution in [2.24, 2.45) is 0 Å². The first kappa shape index (κ1) is 13.5. The molecule has 0 aliphatic carbocycles. The first-order chi connectivity index (χ1) is 8.55. The van der Waals surface area contributed by atoms with E-state index in [2.05, 4.69) is 10.1 Å². The minimum Gasteiger partial charge on any atom is -0.373 e. The molecule has 0 radical (unpaired) electrons. The molecule has 1 aliphatic rings. The summed E-state index contributed by atoms with van der Waals surface area (Å²) in [4.78, 5) is 13.5. The Morgan fingerprint density at radius 1 is 1.67 bits per heavy atom. The van der Waals surface area contributed by atoms with Crippen LogP contribution in [-0.2, 0) is 13.8 Å². The zero-order chi connectivity index (χ0) is 13.0. The van der Waals surface area contributed by atoms with E-state index >= 15 is 0 Å². The summed E-state index contributed by atoms with van der Waals surface area (Å²) in [5.41, 5.74) is 0.448. The van der Waals surface area contributed by atoms with E-state index in [1.54, 1.807) is 18.3 Å². The van der Waals surface area contributed by atoms with Gasteiger partial charge >= 0.3 is 7.75 Å². The lowest BCUT2D eigenvalue weighted by Gasteiger charge is -2.16. The molecule has 1 fully saturated rings. The Balaban J connectivity index is 1.82. The Hall–Kier alpha value is -0.940. The van der Waals surface area contributed by atoms with Crippen LogP contribution < -0.4 is 5.09 Å². The second kappa shape index (κ2) is 5.80. The van der Waals surface area contributed by atoms with Crippen molar-refractivity contribution >= 4 is 13.4 Å². The number of pyridine rings is 1. The van der Waals surface area contributed by atoms with Gasteiger partial charge in [-0.15, -0.1) is 0 Å². The van der Waals surface area contributed by atoms with Gasteiger partial charge in [-0.2, -0.15) is 0 Å². The summed E-state index contributed by atoms with van der Waals surface area (Å²) in [6.07, 6.45) is 4.95. The molecule has 1 aliphatic heterocycles. The molecule has 0 amide bonds. The molecule has 1 aromatic rings. The van der Waals surface area contributed by atoms with E-state index in [-0.39, 0.29) is 18.8 Å². The topological polar surface area (TPSA) is 80.7 Å². The predicted octanol–water partition coefficient (Wildman–Crippen LogP) is 2.18. The average molecular weight is 272 g/mol. The van der Waals surface area contributed by atoms with Gasteiger partial charge in [0.25, 0.3) is 0 Å². The predicted molar refractivity (Wildman–Crippen MR) is 67.2 cm³/mol. The van der Waals surface area contributed by atoms with Crippen molar-refractivity contribution < 1.29 is 18.7 Å². The summed E-state index contributed by atoms with van der Waals surface area (Å²) in [6.45, 7) is 2.10. The Kier molecular flexibility index (Phi) is 4.35. The van der Waals surface area contributed by atoms with Gasteiger partial charge in [-0.05, 0) is 31.9 Å². The van der Waals surface area contributed by atoms with Crippen molar-refractivity contribution in [1.29, 1.82) is 0 Å². The largest absolute Gasteiger partial charge is 0.430 e. The molecular formula is C11H17N2O4P. The molecule has 2 N–H and O–H groups in total. The van der Waals surface area contributed by atoms with Crippen LogP contribution in [-0.4, -0.2) is 28.7 Å². The van der Waals surface area contributed by atoms with Crippen LogP contribution in [0.2, 0.25) is 0 Å². The van der Waals surface area contributed by atoms with E-state index < -0.39 is 7.75 Å². The first-order valence-corrected chi connectivity index (χ1v) is 7.44. The minimum absolute atomic E-state index is 0.101. The smallest absolute Gasteiger partial charge is 0.373 e. The van der Waals surface area contributed by atoms with E-state index in [4.69, 9.17) is 9.26 Å². The molecule has 2 heterocycles. The Morgan fingerprint density at radius 2 is 2.50 bits per heavy atom. The van der Waals surface area contributed by atoms with Gasteiger partial charge in [0.1, 0.15) is 0 Å². The second-order valence-corrected chi connectivity index (χ2v) is 5.84. The molecule has 0 spiro atoms. The third-order valence-corrected chi connectivity index (χ3v) is 3.73. The Bertz CT molecular complexity index is 428. The lowest BCUT2D eigenvalue weighted by molar-refractivity contribution is 0.0241. The van der Waals surface area contributed by atoms with Crippen molar-refractivity contribution in [2.75, 3.05) is 11.7 Å². The minimum atomic E-state index is -3.86. The molecule has 3 atom stereocenters. The van der Waals surface area contributed by atoms with Gasteiger partial charge in [0.05, 0.1) is 30.7 Å². The number of hydrogen-bond donors (Lipinski definition) is 2.